The van der Waals surface area contributed by atoms with Gasteiger partial charge < -0.3 is 15.4 Å². The van der Waals surface area contributed by atoms with Crippen LogP contribution in [0.5, 0.6) is 0 Å². The number of nitrogens with two attached hydrogens (primary N) is 1. The van der Waals surface area contributed by atoms with Gasteiger partial charge in [0.25, 0.3) is 0 Å². The Bertz CT molecular complexity index is 445. The second-order valence-corrected chi connectivity index (χ2v) is 6.03. The maximum Gasteiger partial charge on any atom is 0.410 e. The van der Waals surface area contributed by atoms with Gasteiger partial charge in [0.05, 0.1) is 5.84 Å². The number of ether oxygens (including phenoxy) is 1. The van der Waals surface area contributed by atoms with Crippen LogP contribution in [0.1, 0.15) is 40.0 Å². The predicted octanol–water partition coefficient (Wildman–Crippen LogP) is 2.83. The normalized spacial score (nSPS) is 15.2. The van der Waals surface area contributed by atoms with E-state index in [-0.39, 0.29) is 6.09 Å². The molecule has 0 aromatic rings. The van der Waals surface area contributed by atoms with E-state index >= 15 is 0 Å². The summed E-state index contributed by atoms with van der Waals surface area (Å²) in [5.41, 5.74) is 7.26. The van der Waals surface area contributed by atoms with Gasteiger partial charge in [-0.3, -0.25) is 0 Å². The Hall–Kier alpha value is -1.78. The van der Waals surface area contributed by atoms with Crippen molar-refractivity contribution in [1.82, 2.24) is 4.90 Å². The van der Waals surface area contributed by atoms with Crippen LogP contribution in [0.3, 0.4) is 0 Å². The smallest absolute Gasteiger partial charge is 0.410 e. The van der Waals surface area contributed by atoms with Crippen LogP contribution in [0.15, 0.2) is 28.9 Å². The van der Waals surface area contributed by atoms with Crippen molar-refractivity contribution in [2.75, 3.05) is 13.6 Å². The average molecular weight is 279 g/mol. The van der Waals surface area contributed by atoms with Gasteiger partial charge in [-0.25, -0.2) is 9.79 Å². The summed E-state index contributed by atoms with van der Waals surface area (Å²) in [6.45, 7) is 10.2. The van der Waals surface area contributed by atoms with E-state index in [0.717, 1.165) is 24.0 Å². The van der Waals surface area contributed by atoms with Crippen LogP contribution in [0, 0.1) is 0 Å². The molecule has 0 spiro atoms. The summed E-state index contributed by atoms with van der Waals surface area (Å²) in [4.78, 5) is 17.5. The third-order valence-corrected chi connectivity index (χ3v) is 2.94. The van der Waals surface area contributed by atoms with E-state index in [1.165, 1.54) is 0 Å². The first-order chi connectivity index (χ1) is 9.19. The molecule has 1 aliphatic rings. The fraction of sp³-hybridized carbons (Fsp3) is 0.600. The molecule has 5 nitrogen and oxygen atoms in total. The summed E-state index contributed by atoms with van der Waals surface area (Å²) >= 11 is 0. The van der Waals surface area contributed by atoms with Crippen LogP contribution in [-0.2, 0) is 4.74 Å². The van der Waals surface area contributed by atoms with Crippen molar-refractivity contribution in [3.8, 4) is 0 Å². The summed E-state index contributed by atoms with van der Waals surface area (Å²) in [5.74, 6) is 0.660. The van der Waals surface area contributed by atoms with E-state index in [1.54, 1.807) is 18.1 Å². The number of hydrogen-bond donors (Lipinski definition) is 1. The molecule has 0 unspecified atom stereocenters. The van der Waals surface area contributed by atoms with Crippen LogP contribution in [0.4, 0.5) is 4.79 Å². The maximum atomic E-state index is 11.8. The molecule has 20 heavy (non-hydrogen) atoms. The van der Waals surface area contributed by atoms with Crippen LogP contribution in [0.25, 0.3) is 0 Å². The third kappa shape index (κ3) is 5.47. The van der Waals surface area contributed by atoms with E-state index in [9.17, 15) is 4.79 Å². The topological polar surface area (TPSA) is 67.9 Å². The molecule has 0 aliphatic carbocycles. The fourth-order valence-corrected chi connectivity index (χ4v) is 1.72. The molecule has 0 aromatic carbocycles. The van der Waals surface area contributed by atoms with Crippen LogP contribution >= 0.6 is 0 Å². The van der Waals surface area contributed by atoms with Gasteiger partial charge in [0.2, 0.25) is 0 Å². The predicted molar refractivity (Wildman–Crippen MR) is 81.6 cm³/mol. The van der Waals surface area contributed by atoms with E-state index in [4.69, 9.17) is 10.5 Å². The Morgan fingerprint density at radius 2 is 2.15 bits per heavy atom. The highest BCUT2D eigenvalue weighted by Crippen LogP contribution is 2.21. The minimum atomic E-state index is -0.472. The number of carbonyl (C=O) groups is 1. The summed E-state index contributed by atoms with van der Waals surface area (Å²) in [6, 6.07) is 0. The number of carbonyl (C=O) groups excluding carboxylic acids is 1. The number of amidine groups is 1. The zero-order chi connectivity index (χ0) is 15.3. The minimum Gasteiger partial charge on any atom is -0.444 e. The lowest BCUT2D eigenvalue weighted by Crippen LogP contribution is -2.34. The number of amides is 1. The molecule has 112 valence electrons. The summed E-state index contributed by atoms with van der Waals surface area (Å²) in [5, 5.41) is 0. The summed E-state index contributed by atoms with van der Waals surface area (Å²) < 4.78 is 5.30. The fourth-order valence-electron chi connectivity index (χ4n) is 1.72. The van der Waals surface area contributed by atoms with Gasteiger partial charge in [0.15, 0.2) is 0 Å². The molecule has 1 aliphatic heterocycles. The molecule has 0 fully saturated rings. The summed E-state index contributed by atoms with van der Waals surface area (Å²) in [7, 11) is 1.73. The maximum absolute atomic E-state index is 11.8. The average Bonchev–Trinajstić information content (AvgIpc) is 2.34. The molecule has 1 heterocycles. The summed E-state index contributed by atoms with van der Waals surface area (Å²) in [6.07, 6.45) is 3.80. The van der Waals surface area contributed by atoms with Gasteiger partial charge in [0.1, 0.15) is 5.60 Å². The zero-order valence-corrected chi connectivity index (χ0v) is 12.9. The zero-order valence-electron chi connectivity index (χ0n) is 12.9. The van der Waals surface area contributed by atoms with Crippen LogP contribution in [-0.4, -0.2) is 36.0 Å². The second-order valence-electron chi connectivity index (χ2n) is 6.03. The van der Waals surface area contributed by atoms with Gasteiger partial charge in [-0.15, -0.1) is 0 Å². The monoisotopic (exact) mass is 279 g/mol. The second kappa shape index (κ2) is 6.59. The molecule has 0 bridgehead atoms. The van der Waals surface area contributed by atoms with E-state index < -0.39 is 5.60 Å². The number of hydrogen-bond acceptors (Lipinski definition) is 4. The third-order valence-electron chi connectivity index (χ3n) is 2.94. The Balaban J connectivity index is 2.43. The first-order valence-corrected chi connectivity index (χ1v) is 6.82. The van der Waals surface area contributed by atoms with Crippen molar-refractivity contribution < 1.29 is 9.53 Å². The van der Waals surface area contributed by atoms with Crippen molar-refractivity contribution in [2.45, 2.75) is 45.6 Å². The molecule has 0 saturated heterocycles. The molecule has 5 heteroatoms. The number of aliphatic imine (C=N–C) groups is 1. The molecular weight excluding hydrogens is 254 g/mol. The van der Waals surface area contributed by atoms with E-state index in [1.807, 2.05) is 20.8 Å². The largest absolute Gasteiger partial charge is 0.444 e. The van der Waals surface area contributed by atoms with Crippen molar-refractivity contribution in [3.63, 3.8) is 0 Å². The lowest BCUT2D eigenvalue weighted by molar-refractivity contribution is 0.0301. The molecule has 0 aromatic heterocycles. The Labute approximate surface area is 121 Å². The van der Waals surface area contributed by atoms with Crippen molar-refractivity contribution >= 4 is 11.9 Å². The number of nitrogens with zero attached hydrogens (tertiary/aromatic N) is 2. The van der Waals surface area contributed by atoms with Crippen molar-refractivity contribution in [2.24, 2.45) is 10.7 Å². The SMILES string of the molecule is C=C(CCN(C)C(=O)OC(C)(C)C)C1=CN=C(N)CC1. The number of allylic oxidation sites excluding steroid dienone is 1. The standard InChI is InChI=1S/C15H25N3O2/c1-11(12-6-7-13(16)17-10-12)8-9-18(5)14(19)20-15(2,3)4/h10H,1,6-9H2,2-5H3,(H2,16,17). The quantitative estimate of drug-likeness (QED) is 0.860. The van der Waals surface area contributed by atoms with E-state index in [0.29, 0.717) is 18.8 Å². The minimum absolute atomic E-state index is 0.315. The van der Waals surface area contributed by atoms with Crippen molar-refractivity contribution in [1.29, 1.82) is 0 Å². The Morgan fingerprint density at radius 1 is 1.50 bits per heavy atom. The lowest BCUT2D eigenvalue weighted by Gasteiger charge is -2.25. The first kappa shape index (κ1) is 16.3. The van der Waals surface area contributed by atoms with Crippen molar-refractivity contribution in [3.05, 3.63) is 23.9 Å². The van der Waals surface area contributed by atoms with Gasteiger partial charge in [0, 0.05) is 26.2 Å². The Morgan fingerprint density at radius 3 is 2.65 bits per heavy atom. The molecule has 1 rings (SSSR count). The lowest BCUT2D eigenvalue weighted by atomic mass is 9.99. The van der Waals surface area contributed by atoms with Crippen LogP contribution < -0.4 is 5.73 Å². The highest BCUT2D eigenvalue weighted by Gasteiger charge is 2.19. The highest BCUT2D eigenvalue weighted by atomic mass is 16.6. The molecule has 0 radical (unpaired) electrons. The van der Waals surface area contributed by atoms with Gasteiger partial charge in [-0.1, -0.05) is 6.58 Å². The molecular formula is C15H25N3O2. The highest BCUT2D eigenvalue weighted by molar-refractivity contribution is 5.82. The van der Waals surface area contributed by atoms with Crippen LogP contribution in [0.2, 0.25) is 0 Å². The number of rotatable bonds is 4. The Kier molecular flexibility index (Phi) is 5.36. The molecule has 0 saturated carbocycles. The van der Waals surface area contributed by atoms with Gasteiger partial charge in [-0.05, 0) is 44.8 Å². The molecule has 1 amide bonds. The molecule has 0 atom stereocenters. The van der Waals surface area contributed by atoms with Gasteiger partial charge >= 0.3 is 6.09 Å². The first-order valence-electron chi connectivity index (χ1n) is 6.82. The van der Waals surface area contributed by atoms with E-state index in [2.05, 4.69) is 11.6 Å². The van der Waals surface area contributed by atoms with Gasteiger partial charge in [-0.2, -0.15) is 0 Å². The molecule has 2 N–H and O–H groups in total.